The maximum Gasteiger partial charge on any atom is 0.0474 e. The molecule has 2 N–H and O–H groups in total. The normalized spacial score (nSPS) is 13.3. The number of benzene rings is 1. The molecule has 0 saturated carbocycles. The smallest absolute Gasteiger partial charge is 0.0474 e. The van der Waals surface area contributed by atoms with Crippen LogP contribution in [0.1, 0.15) is 38.8 Å². The lowest BCUT2D eigenvalue weighted by Gasteiger charge is -2.34. The Morgan fingerprint density at radius 2 is 1.72 bits per heavy atom. The zero-order valence-corrected chi connectivity index (χ0v) is 12.8. The van der Waals surface area contributed by atoms with Crippen LogP contribution in [0.25, 0.3) is 0 Å². The minimum atomic E-state index is 0.168. The molecule has 1 unspecified atom stereocenters. The molecule has 0 heterocycles. The first-order valence-corrected chi connectivity index (χ1v) is 7.17. The Balaban J connectivity index is 3.06. The van der Waals surface area contributed by atoms with Gasteiger partial charge in [-0.15, -0.1) is 0 Å². The van der Waals surface area contributed by atoms with Crippen molar-refractivity contribution in [2.24, 2.45) is 5.73 Å². The maximum atomic E-state index is 6.07. The number of hydrogen-bond donors (Lipinski definition) is 1. The molecule has 1 aromatic rings. The Bertz CT molecular complexity index is 360. The van der Waals surface area contributed by atoms with Crippen molar-refractivity contribution in [1.82, 2.24) is 4.90 Å². The van der Waals surface area contributed by atoms with Crippen molar-refractivity contribution >= 4 is 23.2 Å². The lowest BCUT2D eigenvalue weighted by atomic mass is 10.0. The highest BCUT2D eigenvalue weighted by Gasteiger charge is 2.21. The summed E-state index contributed by atoms with van der Waals surface area (Å²) >= 11 is 12.1. The molecule has 1 rings (SSSR count). The molecule has 0 aliphatic rings. The first-order chi connectivity index (χ1) is 8.49. The summed E-state index contributed by atoms with van der Waals surface area (Å²) in [5.41, 5.74) is 7.04. The van der Waals surface area contributed by atoms with E-state index in [0.717, 1.165) is 18.5 Å². The van der Waals surface area contributed by atoms with Gasteiger partial charge < -0.3 is 5.73 Å². The van der Waals surface area contributed by atoms with Crippen LogP contribution < -0.4 is 5.73 Å². The molecular formula is C14H22Cl2N2. The Morgan fingerprint density at radius 1 is 1.17 bits per heavy atom. The van der Waals surface area contributed by atoms with Gasteiger partial charge >= 0.3 is 0 Å². The molecular weight excluding hydrogens is 267 g/mol. The van der Waals surface area contributed by atoms with E-state index in [-0.39, 0.29) is 6.04 Å². The number of rotatable bonds is 6. The van der Waals surface area contributed by atoms with Crippen LogP contribution in [0.4, 0.5) is 0 Å². The van der Waals surface area contributed by atoms with Crippen LogP contribution in [0.2, 0.25) is 10.0 Å². The van der Waals surface area contributed by atoms with E-state index in [1.165, 1.54) is 0 Å². The van der Waals surface area contributed by atoms with Crippen LogP contribution in [-0.4, -0.2) is 24.0 Å². The molecule has 0 fully saturated rings. The lowest BCUT2D eigenvalue weighted by Crippen LogP contribution is -2.39. The zero-order chi connectivity index (χ0) is 13.7. The first-order valence-electron chi connectivity index (χ1n) is 6.41. The van der Waals surface area contributed by atoms with Gasteiger partial charge in [0.1, 0.15) is 0 Å². The van der Waals surface area contributed by atoms with Gasteiger partial charge in [0, 0.05) is 28.7 Å². The van der Waals surface area contributed by atoms with E-state index < -0.39 is 0 Å². The van der Waals surface area contributed by atoms with Gasteiger partial charge in [-0.3, -0.25) is 4.90 Å². The van der Waals surface area contributed by atoms with Crippen LogP contribution in [0, 0.1) is 0 Å². The van der Waals surface area contributed by atoms with Crippen LogP contribution in [-0.2, 0) is 0 Å². The van der Waals surface area contributed by atoms with Gasteiger partial charge in [-0.25, -0.2) is 0 Å². The summed E-state index contributed by atoms with van der Waals surface area (Å²) in [4.78, 5) is 2.39. The summed E-state index contributed by atoms with van der Waals surface area (Å²) in [7, 11) is 0. The van der Waals surface area contributed by atoms with Gasteiger partial charge in [0.05, 0.1) is 0 Å². The summed E-state index contributed by atoms with van der Waals surface area (Å²) in [5.74, 6) is 0. The fourth-order valence-electron chi connectivity index (χ4n) is 2.26. The standard InChI is InChI=1S/C14H22Cl2N2/c1-4-5-18(10(2)3)14(9-17)11-6-12(15)8-13(16)7-11/h6-8,10,14H,4-5,9,17H2,1-3H3. The average molecular weight is 289 g/mol. The highest BCUT2D eigenvalue weighted by molar-refractivity contribution is 6.34. The molecule has 4 heteroatoms. The largest absolute Gasteiger partial charge is 0.329 e. The summed E-state index contributed by atoms with van der Waals surface area (Å²) in [6.07, 6.45) is 1.10. The molecule has 0 radical (unpaired) electrons. The third kappa shape index (κ3) is 4.13. The van der Waals surface area contributed by atoms with E-state index in [0.29, 0.717) is 22.6 Å². The van der Waals surface area contributed by atoms with Crippen molar-refractivity contribution in [2.45, 2.75) is 39.3 Å². The summed E-state index contributed by atoms with van der Waals surface area (Å²) in [6, 6.07) is 6.27. The fourth-order valence-corrected chi connectivity index (χ4v) is 2.81. The number of nitrogens with two attached hydrogens (primary N) is 1. The van der Waals surface area contributed by atoms with Crippen molar-refractivity contribution < 1.29 is 0 Å². The van der Waals surface area contributed by atoms with Crippen LogP contribution in [0.5, 0.6) is 0 Å². The summed E-state index contributed by atoms with van der Waals surface area (Å²) < 4.78 is 0. The number of nitrogens with zero attached hydrogens (tertiary/aromatic N) is 1. The minimum Gasteiger partial charge on any atom is -0.329 e. The van der Waals surface area contributed by atoms with E-state index >= 15 is 0 Å². The highest BCUT2D eigenvalue weighted by Crippen LogP contribution is 2.28. The van der Waals surface area contributed by atoms with Crippen LogP contribution in [0.3, 0.4) is 0 Å². The van der Waals surface area contributed by atoms with Crippen LogP contribution in [0.15, 0.2) is 18.2 Å². The SMILES string of the molecule is CCCN(C(C)C)C(CN)c1cc(Cl)cc(Cl)c1. The van der Waals surface area contributed by atoms with E-state index in [2.05, 4.69) is 25.7 Å². The molecule has 0 amide bonds. The van der Waals surface area contributed by atoms with E-state index in [1.807, 2.05) is 12.1 Å². The Kier molecular flexibility index (Phi) is 6.44. The van der Waals surface area contributed by atoms with Gasteiger partial charge in [-0.1, -0.05) is 30.1 Å². The van der Waals surface area contributed by atoms with Crippen LogP contribution >= 0.6 is 23.2 Å². The lowest BCUT2D eigenvalue weighted by molar-refractivity contribution is 0.157. The van der Waals surface area contributed by atoms with Crippen molar-refractivity contribution in [3.63, 3.8) is 0 Å². The molecule has 0 aliphatic carbocycles. The molecule has 2 nitrogen and oxygen atoms in total. The third-order valence-corrected chi connectivity index (χ3v) is 3.47. The van der Waals surface area contributed by atoms with Gasteiger partial charge in [-0.05, 0) is 50.6 Å². The summed E-state index contributed by atoms with van der Waals surface area (Å²) in [5, 5.41) is 1.33. The quantitative estimate of drug-likeness (QED) is 0.853. The number of halogens is 2. The van der Waals surface area contributed by atoms with Crippen molar-refractivity contribution in [2.75, 3.05) is 13.1 Å². The molecule has 0 aromatic heterocycles. The Hall–Kier alpha value is -0.280. The van der Waals surface area contributed by atoms with Gasteiger partial charge in [0.25, 0.3) is 0 Å². The molecule has 1 aromatic carbocycles. The average Bonchev–Trinajstić information content (AvgIpc) is 2.27. The molecule has 18 heavy (non-hydrogen) atoms. The van der Waals surface area contributed by atoms with E-state index in [4.69, 9.17) is 28.9 Å². The predicted molar refractivity (Wildman–Crippen MR) is 80.4 cm³/mol. The van der Waals surface area contributed by atoms with Crippen molar-refractivity contribution in [3.8, 4) is 0 Å². The molecule has 1 atom stereocenters. The molecule has 102 valence electrons. The minimum absolute atomic E-state index is 0.168. The van der Waals surface area contributed by atoms with Crippen molar-refractivity contribution in [1.29, 1.82) is 0 Å². The summed E-state index contributed by atoms with van der Waals surface area (Å²) in [6.45, 7) is 8.13. The third-order valence-electron chi connectivity index (χ3n) is 3.04. The first kappa shape index (κ1) is 15.8. The zero-order valence-electron chi connectivity index (χ0n) is 11.3. The Labute approximate surface area is 120 Å². The monoisotopic (exact) mass is 288 g/mol. The fraction of sp³-hybridized carbons (Fsp3) is 0.571. The Morgan fingerprint density at radius 3 is 2.11 bits per heavy atom. The predicted octanol–water partition coefficient (Wildman–Crippen LogP) is 4.11. The molecule has 0 bridgehead atoms. The van der Waals surface area contributed by atoms with Gasteiger partial charge in [0.15, 0.2) is 0 Å². The van der Waals surface area contributed by atoms with Gasteiger partial charge in [-0.2, -0.15) is 0 Å². The number of hydrogen-bond acceptors (Lipinski definition) is 2. The topological polar surface area (TPSA) is 29.3 Å². The second kappa shape index (κ2) is 7.34. The molecule has 0 spiro atoms. The van der Waals surface area contributed by atoms with Gasteiger partial charge in [0.2, 0.25) is 0 Å². The second-order valence-electron chi connectivity index (χ2n) is 4.79. The van der Waals surface area contributed by atoms with Crippen molar-refractivity contribution in [3.05, 3.63) is 33.8 Å². The highest BCUT2D eigenvalue weighted by atomic mass is 35.5. The van der Waals surface area contributed by atoms with E-state index in [9.17, 15) is 0 Å². The maximum absolute atomic E-state index is 6.07. The van der Waals surface area contributed by atoms with E-state index in [1.54, 1.807) is 6.07 Å². The molecule has 0 aliphatic heterocycles. The molecule has 0 saturated heterocycles. The second-order valence-corrected chi connectivity index (χ2v) is 5.66.